The summed E-state index contributed by atoms with van der Waals surface area (Å²) in [5, 5.41) is 0. The second-order valence-electron chi connectivity index (χ2n) is 4.29. The Balaban J connectivity index is 2.38. The SMILES string of the molecule is SCCCC1SC(CCCS)SC(CCCS)S1. The van der Waals surface area contributed by atoms with Crippen LogP contribution in [-0.4, -0.2) is 31.0 Å². The van der Waals surface area contributed by atoms with Crippen molar-refractivity contribution in [3.63, 3.8) is 0 Å². The van der Waals surface area contributed by atoms with E-state index in [9.17, 15) is 0 Å². The summed E-state index contributed by atoms with van der Waals surface area (Å²) in [6.07, 6.45) is 7.68. The zero-order valence-corrected chi connectivity index (χ0v) is 15.8. The molecule has 1 rings (SSSR count). The first-order valence-corrected chi connectivity index (χ1v) is 11.3. The Hall–Kier alpha value is 2.10. The van der Waals surface area contributed by atoms with Gasteiger partial charge in [-0.3, -0.25) is 0 Å². The fraction of sp³-hybridized carbons (Fsp3) is 1.00. The van der Waals surface area contributed by atoms with Crippen LogP contribution < -0.4 is 0 Å². The van der Waals surface area contributed by atoms with Gasteiger partial charge in [0.15, 0.2) is 0 Å². The van der Waals surface area contributed by atoms with Gasteiger partial charge in [-0.1, -0.05) is 0 Å². The first-order valence-electron chi connectivity index (χ1n) is 6.59. The summed E-state index contributed by atoms with van der Waals surface area (Å²) in [6.45, 7) is 0. The van der Waals surface area contributed by atoms with Crippen LogP contribution in [0.15, 0.2) is 0 Å². The molecular formula is C12H24S6. The van der Waals surface area contributed by atoms with Crippen LogP contribution in [0.1, 0.15) is 38.5 Å². The normalized spacial score (nSPS) is 28.5. The van der Waals surface area contributed by atoms with E-state index >= 15 is 0 Å². The van der Waals surface area contributed by atoms with Crippen LogP contribution in [0.4, 0.5) is 0 Å². The molecule has 0 aromatic heterocycles. The van der Waals surface area contributed by atoms with Gasteiger partial charge in [-0.25, -0.2) is 0 Å². The third-order valence-corrected chi connectivity index (χ3v) is 8.89. The molecule has 0 amide bonds. The van der Waals surface area contributed by atoms with Gasteiger partial charge in [0.1, 0.15) is 0 Å². The fourth-order valence-corrected chi connectivity index (χ4v) is 8.98. The van der Waals surface area contributed by atoms with Gasteiger partial charge in [-0.2, -0.15) is 37.9 Å². The van der Waals surface area contributed by atoms with E-state index in [-0.39, 0.29) is 0 Å². The van der Waals surface area contributed by atoms with Gasteiger partial charge in [-0.15, -0.1) is 35.3 Å². The van der Waals surface area contributed by atoms with Crippen LogP contribution >= 0.6 is 73.2 Å². The summed E-state index contributed by atoms with van der Waals surface area (Å²) >= 11 is 19.6. The molecule has 1 saturated heterocycles. The number of thiol groups is 3. The van der Waals surface area contributed by atoms with Crippen LogP contribution in [0.25, 0.3) is 0 Å². The predicted octanol–water partition coefficient (Wildman–Crippen LogP) is 5.31. The van der Waals surface area contributed by atoms with E-state index in [4.69, 9.17) is 0 Å². The molecule has 0 radical (unpaired) electrons. The largest absolute Gasteiger partial charge is 0.179 e. The molecule has 0 aliphatic carbocycles. The van der Waals surface area contributed by atoms with E-state index in [0.717, 1.165) is 31.0 Å². The lowest BCUT2D eigenvalue weighted by Crippen LogP contribution is -2.19. The maximum atomic E-state index is 4.33. The number of rotatable bonds is 9. The maximum Gasteiger partial charge on any atom is 0.0525 e. The first-order chi connectivity index (χ1) is 8.80. The van der Waals surface area contributed by atoms with Crippen LogP contribution in [0.2, 0.25) is 0 Å². The molecule has 0 spiro atoms. The summed E-state index contributed by atoms with van der Waals surface area (Å²) in [7, 11) is 0. The van der Waals surface area contributed by atoms with E-state index in [1.165, 1.54) is 38.5 Å². The minimum Gasteiger partial charge on any atom is -0.179 e. The van der Waals surface area contributed by atoms with E-state index in [2.05, 4.69) is 73.2 Å². The van der Waals surface area contributed by atoms with E-state index in [0.29, 0.717) is 0 Å². The predicted molar refractivity (Wildman–Crippen MR) is 103 cm³/mol. The second-order valence-corrected chi connectivity index (χ2v) is 10.8. The van der Waals surface area contributed by atoms with E-state index in [1.807, 2.05) is 0 Å². The zero-order valence-electron chi connectivity index (χ0n) is 10.7. The average molecular weight is 361 g/mol. The molecule has 108 valence electrons. The van der Waals surface area contributed by atoms with E-state index in [1.54, 1.807) is 0 Å². The third-order valence-electron chi connectivity index (χ3n) is 2.70. The molecule has 0 saturated carbocycles. The summed E-state index contributed by atoms with van der Waals surface area (Å²) in [6, 6.07) is 0. The molecule has 1 heterocycles. The van der Waals surface area contributed by atoms with Crippen molar-refractivity contribution < 1.29 is 0 Å². The minimum atomic E-state index is 0.785. The van der Waals surface area contributed by atoms with E-state index < -0.39 is 0 Å². The van der Waals surface area contributed by atoms with Gasteiger partial charge in [0.2, 0.25) is 0 Å². The summed E-state index contributed by atoms with van der Waals surface area (Å²) in [4.78, 5) is 0. The van der Waals surface area contributed by atoms with Gasteiger partial charge >= 0.3 is 0 Å². The smallest absolute Gasteiger partial charge is 0.0525 e. The number of hydrogen-bond acceptors (Lipinski definition) is 6. The Labute approximate surface area is 142 Å². The Morgan fingerprint density at radius 3 is 1.06 bits per heavy atom. The molecule has 18 heavy (non-hydrogen) atoms. The number of thioether (sulfide) groups is 3. The molecule has 0 N–H and O–H groups in total. The lowest BCUT2D eigenvalue weighted by molar-refractivity contribution is 0.834. The van der Waals surface area contributed by atoms with Gasteiger partial charge in [0.25, 0.3) is 0 Å². The standard InChI is InChI=1S/C12H24S6/c13-7-1-4-10-16-11(5-2-8-14)18-12(17-10)6-3-9-15/h10-15H,1-9H2. The van der Waals surface area contributed by atoms with Crippen LogP contribution in [0.3, 0.4) is 0 Å². The highest BCUT2D eigenvalue weighted by molar-refractivity contribution is 8.33. The zero-order chi connectivity index (χ0) is 13.2. The molecule has 6 heteroatoms. The maximum absolute atomic E-state index is 4.33. The molecule has 0 unspecified atom stereocenters. The van der Waals surface area contributed by atoms with Crippen molar-refractivity contribution >= 4 is 73.2 Å². The molecule has 0 aromatic rings. The molecule has 1 fully saturated rings. The van der Waals surface area contributed by atoms with Crippen LogP contribution in [0, 0.1) is 0 Å². The molecule has 0 aromatic carbocycles. The molecule has 0 nitrogen and oxygen atoms in total. The Kier molecular flexibility index (Phi) is 11.8. The van der Waals surface area contributed by atoms with Crippen LogP contribution in [-0.2, 0) is 0 Å². The highest BCUT2D eigenvalue weighted by atomic mass is 32.3. The molecule has 0 bridgehead atoms. The summed E-state index contributed by atoms with van der Waals surface area (Å²) in [5.41, 5.74) is 0. The lowest BCUT2D eigenvalue weighted by atomic mass is 10.4. The third kappa shape index (κ3) is 7.77. The Morgan fingerprint density at radius 2 is 0.833 bits per heavy atom. The van der Waals surface area contributed by atoms with Crippen molar-refractivity contribution in [3.05, 3.63) is 0 Å². The van der Waals surface area contributed by atoms with Crippen molar-refractivity contribution in [2.45, 2.75) is 52.3 Å². The Bertz CT molecular complexity index is 162. The first kappa shape index (κ1) is 18.1. The van der Waals surface area contributed by atoms with Gasteiger partial charge < -0.3 is 0 Å². The van der Waals surface area contributed by atoms with Crippen molar-refractivity contribution in [1.82, 2.24) is 0 Å². The minimum absolute atomic E-state index is 0.785. The topological polar surface area (TPSA) is 0 Å². The summed E-state index contributed by atoms with van der Waals surface area (Å²) < 4.78 is 2.36. The second kappa shape index (κ2) is 11.7. The van der Waals surface area contributed by atoms with Crippen molar-refractivity contribution in [2.24, 2.45) is 0 Å². The molecule has 0 atom stereocenters. The highest BCUT2D eigenvalue weighted by Crippen LogP contribution is 2.51. The number of hydrogen-bond donors (Lipinski definition) is 3. The Morgan fingerprint density at radius 1 is 0.556 bits per heavy atom. The van der Waals surface area contributed by atoms with Gasteiger partial charge in [0, 0.05) is 0 Å². The quantitative estimate of drug-likeness (QED) is 0.477. The van der Waals surface area contributed by atoms with Crippen molar-refractivity contribution in [3.8, 4) is 0 Å². The summed E-state index contributed by atoms with van der Waals surface area (Å²) in [5.74, 6) is 3.06. The molecular weight excluding hydrogens is 337 g/mol. The fourth-order valence-electron chi connectivity index (χ4n) is 1.79. The van der Waals surface area contributed by atoms with Gasteiger partial charge in [0.05, 0.1) is 13.7 Å². The molecule has 1 aliphatic heterocycles. The van der Waals surface area contributed by atoms with Crippen molar-refractivity contribution in [1.29, 1.82) is 0 Å². The van der Waals surface area contributed by atoms with Gasteiger partial charge in [-0.05, 0) is 55.8 Å². The monoisotopic (exact) mass is 360 g/mol. The highest BCUT2D eigenvalue weighted by Gasteiger charge is 2.29. The lowest BCUT2D eigenvalue weighted by Gasteiger charge is -2.34. The van der Waals surface area contributed by atoms with Crippen LogP contribution in [0.5, 0.6) is 0 Å². The average Bonchev–Trinajstić information content (AvgIpc) is 2.40. The van der Waals surface area contributed by atoms with Crippen molar-refractivity contribution in [2.75, 3.05) is 17.3 Å². The molecule has 1 aliphatic rings.